The first-order valence-electron chi connectivity index (χ1n) is 6.21. The van der Waals surface area contributed by atoms with Crippen LogP contribution in [-0.2, 0) is 18.4 Å². The standard InChI is InChI=1S/C12H18N4O3/c1-14-7-5-13-10(14)8-15(2)12(19)16-6-3-4-9(16)11(17)18/h5,7,9H,3-4,6,8H2,1-2H3,(H,17,18). The monoisotopic (exact) mass is 266 g/mol. The molecule has 7 heteroatoms. The highest BCUT2D eigenvalue weighted by molar-refractivity contribution is 5.83. The van der Waals surface area contributed by atoms with Crippen molar-refractivity contribution in [3.05, 3.63) is 18.2 Å². The lowest BCUT2D eigenvalue weighted by Gasteiger charge is -2.27. The maximum absolute atomic E-state index is 12.2. The van der Waals surface area contributed by atoms with Gasteiger partial charge >= 0.3 is 12.0 Å². The quantitative estimate of drug-likeness (QED) is 0.865. The summed E-state index contributed by atoms with van der Waals surface area (Å²) in [7, 11) is 3.52. The summed E-state index contributed by atoms with van der Waals surface area (Å²) in [5.74, 6) is -0.168. The van der Waals surface area contributed by atoms with Crippen molar-refractivity contribution in [1.82, 2.24) is 19.4 Å². The van der Waals surface area contributed by atoms with E-state index in [4.69, 9.17) is 5.11 Å². The van der Waals surface area contributed by atoms with E-state index in [-0.39, 0.29) is 6.03 Å². The molecule has 1 N–H and O–H groups in total. The number of aliphatic carboxylic acids is 1. The third-order valence-corrected chi connectivity index (χ3v) is 3.41. The van der Waals surface area contributed by atoms with Crippen LogP contribution in [0.5, 0.6) is 0 Å². The molecule has 19 heavy (non-hydrogen) atoms. The fourth-order valence-corrected chi connectivity index (χ4v) is 2.30. The van der Waals surface area contributed by atoms with Crippen LogP contribution in [-0.4, -0.2) is 56.1 Å². The molecule has 104 valence electrons. The number of carboxylic acids is 1. The number of aromatic nitrogens is 2. The smallest absolute Gasteiger partial charge is 0.326 e. The van der Waals surface area contributed by atoms with E-state index in [1.807, 2.05) is 17.8 Å². The summed E-state index contributed by atoms with van der Waals surface area (Å²) in [6, 6.07) is -0.954. The summed E-state index contributed by atoms with van der Waals surface area (Å²) in [5, 5.41) is 9.09. The molecule has 1 atom stereocenters. The number of carbonyl (C=O) groups excluding carboxylic acids is 1. The van der Waals surface area contributed by atoms with Crippen molar-refractivity contribution in [1.29, 1.82) is 0 Å². The van der Waals surface area contributed by atoms with Gasteiger partial charge in [-0.25, -0.2) is 14.6 Å². The van der Waals surface area contributed by atoms with Crippen LogP contribution in [0.3, 0.4) is 0 Å². The molecular formula is C12H18N4O3. The van der Waals surface area contributed by atoms with Gasteiger partial charge in [0.15, 0.2) is 0 Å². The highest BCUT2D eigenvalue weighted by Gasteiger charge is 2.35. The number of hydrogen-bond donors (Lipinski definition) is 1. The number of aryl methyl sites for hydroxylation is 1. The van der Waals surface area contributed by atoms with Gasteiger partial charge in [-0.15, -0.1) is 0 Å². The Morgan fingerprint density at radius 2 is 2.32 bits per heavy atom. The lowest BCUT2D eigenvalue weighted by atomic mass is 10.2. The van der Waals surface area contributed by atoms with Crippen molar-refractivity contribution in [2.75, 3.05) is 13.6 Å². The van der Waals surface area contributed by atoms with Crippen molar-refractivity contribution in [3.63, 3.8) is 0 Å². The minimum absolute atomic E-state index is 0.257. The van der Waals surface area contributed by atoms with Crippen LogP contribution in [0, 0.1) is 0 Å². The summed E-state index contributed by atoms with van der Waals surface area (Å²) >= 11 is 0. The second kappa shape index (κ2) is 5.29. The number of nitrogens with zero attached hydrogens (tertiary/aromatic N) is 4. The zero-order valence-electron chi connectivity index (χ0n) is 11.1. The molecule has 1 aliphatic heterocycles. The molecule has 0 spiro atoms. The molecule has 0 bridgehead atoms. The van der Waals surface area contributed by atoms with Crippen molar-refractivity contribution in [2.45, 2.75) is 25.4 Å². The molecule has 0 saturated carbocycles. The lowest BCUT2D eigenvalue weighted by Crippen LogP contribution is -2.46. The van der Waals surface area contributed by atoms with Gasteiger partial charge in [0.05, 0.1) is 6.54 Å². The Labute approximate surface area is 111 Å². The molecule has 7 nitrogen and oxygen atoms in total. The van der Waals surface area contributed by atoms with Gasteiger partial charge in [-0.1, -0.05) is 0 Å². The second-order valence-electron chi connectivity index (χ2n) is 4.78. The molecule has 1 aliphatic rings. The summed E-state index contributed by atoms with van der Waals surface area (Å²) in [5.41, 5.74) is 0. The van der Waals surface area contributed by atoms with Gasteiger partial charge in [0.1, 0.15) is 11.9 Å². The van der Waals surface area contributed by atoms with Crippen molar-refractivity contribution < 1.29 is 14.7 Å². The first-order chi connectivity index (χ1) is 9.00. The normalized spacial score (nSPS) is 18.6. The Kier molecular flexibility index (Phi) is 3.73. The number of hydrogen-bond acceptors (Lipinski definition) is 3. The first-order valence-corrected chi connectivity index (χ1v) is 6.21. The molecule has 2 heterocycles. The highest BCUT2D eigenvalue weighted by atomic mass is 16.4. The van der Waals surface area contributed by atoms with Gasteiger partial charge < -0.3 is 19.5 Å². The summed E-state index contributed by atoms with van der Waals surface area (Å²) in [6.07, 6.45) is 4.74. The molecule has 1 saturated heterocycles. The fourth-order valence-electron chi connectivity index (χ4n) is 2.30. The van der Waals surface area contributed by atoms with Crippen LogP contribution in [0.4, 0.5) is 4.79 Å². The molecule has 1 fully saturated rings. The Bertz CT molecular complexity index is 485. The molecule has 0 aromatic carbocycles. The second-order valence-corrected chi connectivity index (χ2v) is 4.78. The molecule has 0 radical (unpaired) electrons. The maximum Gasteiger partial charge on any atom is 0.326 e. The van der Waals surface area contributed by atoms with Gasteiger partial charge in [0.2, 0.25) is 0 Å². The number of imidazole rings is 1. The van der Waals surface area contributed by atoms with Crippen LogP contribution in [0.25, 0.3) is 0 Å². The Hall–Kier alpha value is -2.05. The van der Waals surface area contributed by atoms with E-state index in [0.29, 0.717) is 19.5 Å². The van der Waals surface area contributed by atoms with Gasteiger partial charge in [-0.05, 0) is 12.8 Å². The predicted octanol–water partition coefficient (Wildman–Crippen LogP) is 0.521. The summed E-state index contributed by atoms with van der Waals surface area (Å²) in [4.78, 5) is 30.4. The number of urea groups is 1. The number of rotatable bonds is 3. The molecule has 1 aromatic rings. The van der Waals surface area contributed by atoms with Crippen molar-refractivity contribution in [2.24, 2.45) is 7.05 Å². The van der Waals surface area contributed by atoms with E-state index in [9.17, 15) is 9.59 Å². The van der Waals surface area contributed by atoms with Crippen LogP contribution in [0.2, 0.25) is 0 Å². The lowest BCUT2D eigenvalue weighted by molar-refractivity contribution is -0.141. The number of carboxylic acid groups (broad SMARTS) is 1. The molecule has 2 rings (SSSR count). The van der Waals surface area contributed by atoms with Crippen molar-refractivity contribution >= 4 is 12.0 Å². The number of amides is 2. The third-order valence-electron chi connectivity index (χ3n) is 3.41. The summed E-state index contributed by atoms with van der Waals surface area (Å²) < 4.78 is 1.84. The average Bonchev–Trinajstić information content (AvgIpc) is 2.98. The van der Waals surface area contributed by atoms with Gasteiger partial charge in [0, 0.05) is 33.0 Å². The SMILES string of the molecule is CN(Cc1nccn1C)C(=O)N1CCCC1C(=O)O. The largest absolute Gasteiger partial charge is 0.480 e. The van der Waals surface area contributed by atoms with Crippen LogP contribution in [0.15, 0.2) is 12.4 Å². The van der Waals surface area contributed by atoms with E-state index in [1.54, 1.807) is 13.2 Å². The minimum Gasteiger partial charge on any atom is -0.480 e. The number of likely N-dealkylation sites (tertiary alicyclic amines) is 1. The van der Waals surface area contributed by atoms with Crippen LogP contribution >= 0.6 is 0 Å². The van der Waals surface area contributed by atoms with Crippen molar-refractivity contribution in [3.8, 4) is 0 Å². The molecule has 1 aromatic heterocycles. The van der Waals surface area contributed by atoms with Gasteiger partial charge in [-0.2, -0.15) is 0 Å². The number of carbonyl (C=O) groups is 2. The van der Waals surface area contributed by atoms with Gasteiger partial charge in [0.25, 0.3) is 0 Å². The first kappa shape index (κ1) is 13.4. The van der Waals surface area contributed by atoms with E-state index < -0.39 is 12.0 Å². The molecule has 0 aliphatic carbocycles. The Morgan fingerprint density at radius 1 is 1.58 bits per heavy atom. The maximum atomic E-state index is 12.2. The Balaban J connectivity index is 2.03. The van der Waals surface area contributed by atoms with Crippen LogP contribution in [0.1, 0.15) is 18.7 Å². The zero-order chi connectivity index (χ0) is 14.0. The van der Waals surface area contributed by atoms with E-state index >= 15 is 0 Å². The third kappa shape index (κ3) is 2.69. The fraction of sp³-hybridized carbons (Fsp3) is 0.583. The van der Waals surface area contributed by atoms with E-state index in [2.05, 4.69) is 4.98 Å². The summed E-state index contributed by atoms with van der Waals surface area (Å²) in [6.45, 7) is 0.867. The molecular weight excluding hydrogens is 248 g/mol. The molecule has 1 unspecified atom stereocenters. The Morgan fingerprint density at radius 3 is 2.89 bits per heavy atom. The zero-order valence-corrected chi connectivity index (χ0v) is 11.1. The van der Waals surface area contributed by atoms with Crippen LogP contribution < -0.4 is 0 Å². The predicted molar refractivity (Wildman–Crippen MR) is 67.4 cm³/mol. The highest BCUT2D eigenvalue weighted by Crippen LogP contribution is 2.19. The minimum atomic E-state index is -0.934. The topological polar surface area (TPSA) is 78.7 Å². The van der Waals surface area contributed by atoms with E-state index in [0.717, 1.165) is 12.2 Å². The van der Waals surface area contributed by atoms with E-state index in [1.165, 1.54) is 9.80 Å². The average molecular weight is 266 g/mol. The van der Waals surface area contributed by atoms with Gasteiger partial charge in [-0.3, -0.25) is 0 Å². The molecule has 2 amide bonds.